The molecule has 0 unspecified atom stereocenters. The normalized spacial score (nSPS) is 13.9. The van der Waals surface area contributed by atoms with Crippen molar-refractivity contribution in [3.8, 4) is 11.5 Å². The van der Waals surface area contributed by atoms with Crippen LogP contribution in [0.3, 0.4) is 0 Å². The fraction of sp³-hybridized carbons (Fsp3) is 0.174. The molecular formula is C23H23N3O2. The van der Waals surface area contributed by atoms with E-state index in [9.17, 15) is 4.79 Å². The van der Waals surface area contributed by atoms with Crippen LogP contribution < -0.4 is 15.0 Å². The molecule has 0 aromatic heterocycles. The van der Waals surface area contributed by atoms with Crippen molar-refractivity contribution in [2.24, 2.45) is 0 Å². The lowest BCUT2D eigenvalue weighted by molar-refractivity contribution is 0.208. The molecule has 1 fully saturated rings. The van der Waals surface area contributed by atoms with Crippen molar-refractivity contribution in [3.05, 3.63) is 84.9 Å². The van der Waals surface area contributed by atoms with Gasteiger partial charge >= 0.3 is 6.03 Å². The number of carbonyl (C=O) groups is 1. The Morgan fingerprint density at radius 2 is 1.36 bits per heavy atom. The summed E-state index contributed by atoms with van der Waals surface area (Å²) in [5.74, 6) is 1.65. The van der Waals surface area contributed by atoms with Gasteiger partial charge in [0.05, 0.1) is 5.69 Å². The van der Waals surface area contributed by atoms with Crippen LogP contribution in [0.5, 0.6) is 11.5 Å². The van der Waals surface area contributed by atoms with Gasteiger partial charge in [0.1, 0.15) is 5.75 Å². The van der Waals surface area contributed by atoms with Crippen LogP contribution in [0.25, 0.3) is 0 Å². The summed E-state index contributed by atoms with van der Waals surface area (Å²) >= 11 is 0. The quantitative estimate of drug-likeness (QED) is 0.712. The topological polar surface area (TPSA) is 44.8 Å². The number of piperazine rings is 1. The molecule has 0 radical (unpaired) electrons. The number of urea groups is 1. The van der Waals surface area contributed by atoms with Crippen LogP contribution in [0.15, 0.2) is 84.9 Å². The Labute approximate surface area is 165 Å². The first-order valence-electron chi connectivity index (χ1n) is 9.47. The first kappa shape index (κ1) is 17.9. The second-order valence-electron chi connectivity index (χ2n) is 6.65. The SMILES string of the molecule is O=C(Nc1ccccc1)N1CCN(c2ccccc2Oc2ccccc2)CC1. The van der Waals surface area contributed by atoms with Gasteiger partial charge in [-0.3, -0.25) is 0 Å². The Balaban J connectivity index is 1.39. The van der Waals surface area contributed by atoms with Crippen LogP contribution in [0.2, 0.25) is 0 Å². The number of carbonyl (C=O) groups excluding carboxylic acids is 1. The van der Waals surface area contributed by atoms with Crippen molar-refractivity contribution in [1.82, 2.24) is 4.90 Å². The maximum absolute atomic E-state index is 12.5. The Morgan fingerprint density at radius 3 is 2.07 bits per heavy atom. The summed E-state index contributed by atoms with van der Waals surface area (Å²) in [6, 6.07) is 27.3. The monoisotopic (exact) mass is 373 g/mol. The highest BCUT2D eigenvalue weighted by molar-refractivity contribution is 5.89. The molecule has 3 aromatic carbocycles. The number of anilines is 2. The second kappa shape index (κ2) is 8.48. The highest BCUT2D eigenvalue weighted by Crippen LogP contribution is 2.32. The van der Waals surface area contributed by atoms with E-state index >= 15 is 0 Å². The number of rotatable bonds is 4. The second-order valence-corrected chi connectivity index (χ2v) is 6.65. The van der Waals surface area contributed by atoms with Crippen LogP contribution in [-0.2, 0) is 0 Å². The zero-order valence-corrected chi connectivity index (χ0v) is 15.6. The molecule has 1 heterocycles. The zero-order chi connectivity index (χ0) is 19.2. The average molecular weight is 373 g/mol. The van der Waals surface area contributed by atoms with Crippen molar-refractivity contribution in [2.45, 2.75) is 0 Å². The lowest BCUT2D eigenvalue weighted by Gasteiger charge is -2.36. The average Bonchev–Trinajstić information content (AvgIpc) is 2.76. The van der Waals surface area contributed by atoms with Gasteiger partial charge in [0.25, 0.3) is 0 Å². The highest BCUT2D eigenvalue weighted by atomic mass is 16.5. The fourth-order valence-corrected chi connectivity index (χ4v) is 3.29. The summed E-state index contributed by atoms with van der Waals surface area (Å²) in [6.45, 7) is 2.85. The molecule has 3 aromatic rings. The van der Waals surface area contributed by atoms with E-state index in [1.807, 2.05) is 83.8 Å². The van der Waals surface area contributed by atoms with E-state index in [-0.39, 0.29) is 6.03 Å². The van der Waals surface area contributed by atoms with Gasteiger partial charge in [-0.05, 0) is 36.4 Å². The van der Waals surface area contributed by atoms with Crippen LogP contribution in [0.4, 0.5) is 16.2 Å². The number of para-hydroxylation sites is 4. The molecule has 28 heavy (non-hydrogen) atoms. The standard InChI is InChI=1S/C23H23N3O2/c27-23(24-19-9-3-1-4-10-19)26-17-15-25(16-18-26)21-13-7-8-14-22(21)28-20-11-5-2-6-12-20/h1-14H,15-18H2,(H,24,27). The minimum Gasteiger partial charge on any atom is -0.455 e. The molecule has 1 aliphatic heterocycles. The van der Waals surface area contributed by atoms with Crippen LogP contribution >= 0.6 is 0 Å². The molecule has 1 N–H and O–H groups in total. The number of hydrogen-bond donors (Lipinski definition) is 1. The molecule has 0 bridgehead atoms. The minimum atomic E-state index is -0.0559. The third kappa shape index (κ3) is 4.26. The number of nitrogens with zero attached hydrogens (tertiary/aromatic N) is 2. The molecule has 0 saturated carbocycles. The third-order valence-corrected chi connectivity index (χ3v) is 4.77. The van der Waals surface area contributed by atoms with E-state index in [4.69, 9.17) is 4.74 Å². The first-order chi connectivity index (χ1) is 13.8. The summed E-state index contributed by atoms with van der Waals surface area (Å²) in [4.78, 5) is 16.6. The smallest absolute Gasteiger partial charge is 0.321 e. The van der Waals surface area contributed by atoms with Crippen molar-refractivity contribution in [1.29, 1.82) is 0 Å². The summed E-state index contributed by atoms with van der Waals surface area (Å²) in [5, 5.41) is 2.95. The zero-order valence-electron chi connectivity index (χ0n) is 15.6. The number of ether oxygens (including phenoxy) is 1. The van der Waals surface area contributed by atoms with E-state index in [2.05, 4.69) is 16.3 Å². The number of amides is 2. The number of benzene rings is 3. The van der Waals surface area contributed by atoms with E-state index in [1.165, 1.54) is 0 Å². The first-order valence-corrected chi connectivity index (χ1v) is 9.47. The lowest BCUT2D eigenvalue weighted by atomic mass is 10.2. The molecule has 1 aliphatic rings. The molecule has 2 amide bonds. The Kier molecular flexibility index (Phi) is 5.43. The third-order valence-electron chi connectivity index (χ3n) is 4.77. The molecule has 1 saturated heterocycles. The van der Waals surface area contributed by atoms with Gasteiger partial charge in [-0.1, -0.05) is 48.5 Å². The summed E-state index contributed by atoms with van der Waals surface area (Å²) in [5.41, 5.74) is 1.87. The van der Waals surface area contributed by atoms with E-state index in [0.29, 0.717) is 13.1 Å². The van der Waals surface area contributed by atoms with Crippen molar-refractivity contribution < 1.29 is 9.53 Å². The fourth-order valence-electron chi connectivity index (χ4n) is 3.29. The van der Waals surface area contributed by atoms with E-state index < -0.39 is 0 Å². The summed E-state index contributed by atoms with van der Waals surface area (Å²) in [7, 11) is 0. The molecular weight excluding hydrogens is 350 g/mol. The van der Waals surface area contributed by atoms with Gasteiger partial charge in [0.15, 0.2) is 5.75 Å². The molecule has 142 valence electrons. The van der Waals surface area contributed by atoms with Gasteiger partial charge in [-0.2, -0.15) is 0 Å². The lowest BCUT2D eigenvalue weighted by Crippen LogP contribution is -2.50. The molecule has 0 spiro atoms. The largest absolute Gasteiger partial charge is 0.455 e. The predicted octanol–water partition coefficient (Wildman–Crippen LogP) is 4.83. The van der Waals surface area contributed by atoms with Gasteiger partial charge in [0, 0.05) is 31.9 Å². The molecule has 0 atom stereocenters. The Hall–Kier alpha value is -3.47. The molecule has 5 nitrogen and oxygen atoms in total. The van der Waals surface area contributed by atoms with Gasteiger partial charge in [-0.15, -0.1) is 0 Å². The van der Waals surface area contributed by atoms with Crippen LogP contribution in [0.1, 0.15) is 0 Å². The Morgan fingerprint density at radius 1 is 0.750 bits per heavy atom. The molecule has 0 aliphatic carbocycles. The van der Waals surface area contributed by atoms with Gasteiger partial charge in [0.2, 0.25) is 0 Å². The molecule has 4 rings (SSSR count). The summed E-state index contributed by atoms with van der Waals surface area (Å²) < 4.78 is 6.08. The molecule has 5 heteroatoms. The predicted molar refractivity (Wildman–Crippen MR) is 112 cm³/mol. The Bertz CT molecular complexity index is 907. The van der Waals surface area contributed by atoms with Crippen LogP contribution in [0, 0.1) is 0 Å². The maximum Gasteiger partial charge on any atom is 0.321 e. The van der Waals surface area contributed by atoms with Crippen molar-refractivity contribution in [2.75, 3.05) is 36.4 Å². The maximum atomic E-state index is 12.5. The van der Waals surface area contributed by atoms with Crippen LogP contribution in [-0.4, -0.2) is 37.1 Å². The van der Waals surface area contributed by atoms with Gasteiger partial charge < -0.3 is 19.9 Å². The minimum absolute atomic E-state index is 0.0559. The van der Waals surface area contributed by atoms with Crippen molar-refractivity contribution in [3.63, 3.8) is 0 Å². The van der Waals surface area contributed by atoms with E-state index in [0.717, 1.165) is 36.0 Å². The highest BCUT2D eigenvalue weighted by Gasteiger charge is 2.23. The van der Waals surface area contributed by atoms with Gasteiger partial charge in [-0.25, -0.2) is 4.79 Å². The number of hydrogen-bond acceptors (Lipinski definition) is 3. The number of nitrogens with one attached hydrogen (secondary N) is 1. The van der Waals surface area contributed by atoms with E-state index in [1.54, 1.807) is 0 Å². The van der Waals surface area contributed by atoms with Crippen molar-refractivity contribution >= 4 is 17.4 Å². The summed E-state index contributed by atoms with van der Waals surface area (Å²) in [6.07, 6.45) is 0.